The number of rotatable bonds is 5. The lowest BCUT2D eigenvalue weighted by atomic mass is 10.2. The van der Waals surface area contributed by atoms with Gasteiger partial charge in [0.05, 0.1) is 11.4 Å². The number of aromatic nitrogens is 2. The van der Waals surface area contributed by atoms with E-state index in [0.29, 0.717) is 13.0 Å². The molecule has 3 rings (SSSR count). The normalized spacial score (nSPS) is 10.7. The standard InChI is InChI=1S/C18H15F2N3OS/c1-11-16(25-18(23-11)15-4-2-3-8-21-15)7-9-22-17(24)12-5-6-13(19)14(20)10-12/h2-6,8,10H,7,9H2,1H3,(H,22,24). The first-order valence-electron chi connectivity index (χ1n) is 7.65. The fraction of sp³-hybridized carbons (Fsp3) is 0.167. The van der Waals surface area contributed by atoms with Crippen LogP contribution < -0.4 is 5.32 Å². The summed E-state index contributed by atoms with van der Waals surface area (Å²) in [7, 11) is 0. The lowest BCUT2D eigenvalue weighted by Crippen LogP contribution is -2.25. The van der Waals surface area contributed by atoms with Crippen molar-refractivity contribution < 1.29 is 13.6 Å². The van der Waals surface area contributed by atoms with Crippen LogP contribution in [0, 0.1) is 18.6 Å². The van der Waals surface area contributed by atoms with Gasteiger partial charge in [-0.1, -0.05) is 6.07 Å². The van der Waals surface area contributed by atoms with E-state index in [0.717, 1.165) is 33.4 Å². The molecule has 4 nitrogen and oxygen atoms in total. The first-order valence-corrected chi connectivity index (χ1v) is 8.47. The Morgan fingerprint density at radius 1 is 1.20 bits per heavy atom. The monoisotopic (exact) mass is 359 g/mol. The van der Waals surface area contributed by atoms with E-state index in [2.05, 4.69) is 15.3 Å². The van der Waals surface area contributed by atoms with Crippen LogP contribution in [0.5, 0.6) is 0 Å². The summed E-state index contributed by atoms with van der Waals surface area (Å²) in [5, 5.41) is 3.54. The second-order valence-corrected chi connectivity index (χ2v) is 6.46. The number of hydrogen-bond acceptors (Lipinski definition) is 4. The van der Waals surface area contributed by atoms with Gasteiger partial charge in [-0.15, -0.1) is 11.3 Å². The van der Waals surface area contributed by atoms with Gasteiger partial charge in [0.25, 0.3) is 5.91 Å². The van der Waals surface area contributed by atoms with Gasteiger partial charge in [-0.2, -0.15) is 0 Å². The molecule has 0 fully saturated rings. The minimum absolute atomic E-state index is 0.0918. The summed E-state index contributed by atoms with van der Waals surface area (Å²) in [6.45, 7) is 2.29. The average Bonchev–Trinajstić information content (AvgIpc) is 2.99. The quantitative estimate of drug-likeness (QED) is 0.755. The highest BCUT2D eigenvalue weighted by Gasteiger charge is 2.12. The summed E-state index contributed by atoms with van der Waals surface area (Å²) in [4.78, 5) is 21.8. The summed E-state index contributed by atoms with van der Waals surface area (Å²) in [5.41, 5.74) is 1.80. The van der Waals surface area contributed by atoms with Gasteiger partial charge in [-0.3, -0.25) is 9.78 Å². The molecule has 0 aliphatic heterocycles. The minimum atomic E-state index is -1.04. The minimum Gasteiger partial charge on any atom is -0.352 e. The third kappa shape index (κ3) is 4.06. The smallest absolute Gasteiger partial charge is 0.251 e. The second-order valence-electron chi connectivity index (χ2n) is 5.38. The highest BCUT2D eigenvalue weighted by atomic mass is 32.1. The molecule has 0 spiro atoms. The van der Waals surface area contributed by atoms with E-state index in [9.17, 15) is 13.6 Å². The van der Waals surface area contributed by atoms with Gasteiger partial charge < -0.3 is 5.32 Å². The lowest BCUT2D eigenvalue weighted by molar-refractivity contribution is 0.0953. The van der Waals surface area contributed by atoms with Gasteiger partial charge >= 0.3 is 0 Å². The van der Waals surface area contributed by atoms with Crippen LogP contribution in [0.15, 0.2) is 42.6 Å². The molecule has 7 heteroatoms. The highest BCUT2D eigenvalue weighted by Crippen LogP contribution is 2.26. The molecule has 2 aromatic heterocycles. The van der Waals surface area contributed by atoms with Gasteiger partial charge in [-0.25, -0.2) is 13.8 Å². The van der Waals surface area contributed by atoms with Crippen molar-refractivity contribution in [1.29, 1.82) is 0 Å². The lowest BCUT2D eigenvalue weighted by Gasteiger charge is -2.05. The molecular formula is C18H15F2N3OS. The van der Waals surface area contributed by atoms with Crippen molar-refractivity contribution in [2.45, 2.75) is 13.3 Å². The number of carbonyl (C=O) groups is 1. The summed E-state index contributed by atoms with van der Waals surface area (Å²) in [6.07, 6.45) is 2.32. The predicted octanol–water partition coefficient (Wildman–Crippen LogP) is 3.76. The van der Waals surface area contributed by atoms with Crippen molar-refractivity contribution in [3.8, 4) is 10.7 Å². The number of amides is 1. The molecule has 1 aromatic carbocycles. The van der Waals surface area contributed by atoms with Crippen LogP contribution in [0.3, 0.4) is 0 Å². The maximum absolute atomic E-state index is 13.2. The molecule has 0 atom stereocenters. The summed E-state index contributed by atoms with van der Waals surface area (Å²) < 4.78 is 26.1. The van der Waals surface area contributed by atoms with Crippen LogP contribution in [-0.4, -0.2) is 22.4 Å². The first-order chi connectivity index (χ1) is 12.0. The molecule has 128 valence electrons. The molecule has 0 aliphatic rings. The fourth-order valence-corrected chi connectivity index (χ4v) is 3.33. The van der Waals surface area contributed by atoms with Crippen LogP contribution in [0.25, 0.3) is 10.7 Å². The van der Waals surface area contributed by atoms with Crippen molar-refractivity contribution in [3.63, 3.8) is 0 Å². The Hall–Kier alpha value is -2.67. The SMILES string of the molecule is Cc1nc(-c2ccccn2)sc1CCNC(=O)c1ccc(F)c(F)c1. The van der Waals surface area contributed by atoms with Crippen LogP contribution >= 0.6 is 11.3 Å². The van der Waals surface area contributed by atoms with Crippen molar-refractivity contribution >= 4 is 17.2 Å². The Bertz CT molecular complexity index is 897. The average molecular weight is 359 g/mol. The van der Waals surface area contributed by atoms with Crippen molar-refractivity contribution in [1.82, 2.24) is 15.3 Å². The number of nitrogens with one attached hydrogen (secondary N) is 1. The van der Waals surface area contributed by atoms with Gasteiger partial charge in [0.15, 0.2) is 11.6 Å². The molecule has 0 saturated heterocycles. The maximum atomic E-state index is 13.2. The Labute approximate surface area is 147 Å². The summed E-state index contributed by atoms with van der Waals surface area (Å²) in [6, 6.07) is 8.73. The number of hydrogen-bond donors (Lipinski definition) is 1. The zero-order valence-corrected chi connectivity index (χ0v) is 14.2. The van der Waals surface area contributed by atoms with Crippen molar-refractivity contribution in [2.24, 2.45) is 0 Å². The molecule has 0 saturated carbocycles. The number of nitrogens with zero attached hydrogens (tertiary/aromatic N) is 2. The number of thiazole rings is 1. The molecule has 1 N–H and O–H groups in total. The third-order valence-electron chi connectivity index (χ3n) is 3.60. The summed E-state index contributed by atoms with van der Waals surface area (Å²) >= 11 is 1.53. The van der Waals surface area contributed by atoms with E-state index in [4.69, 9.17) is 0 Å². The zero-order chi connectivity index (χ0) is 17.8. The topological polar surface area (TPSA) is 54.9 Å². The first kappa shape index (κ1) is 17.2. The Morgan fingerprint density at radius 2 is 2.04 bits per heavy atom. The molecular weight excluding hydrogens is 344 g/mol. The van der Waals surface area contributed by atoms with Gasteiger partial charge in [0.1, 0.15) is 5.01 Å². The molecule has 1 amide bonds. The van der Waals surface area contributed by atoms with Crippen molar-refractivity contribution in [2.75, 3.05) is 6.54 Å². The molecule has 3 aromatic rings. The summed E-state index contributed by atoms with van der Waals surface area (Å²) in [5.74, 6) is -2.45. The Kier molecular flexibility index (Phi) is 5.14. The van der Waals surface area contributed by atoms with E-state index in [1.54, 1.807) is 6.20 Å². The number of pyridine rings is 1. The molecule has 0 bridgehead atoms. The third-order valence-corrected chi connectivity index (χ3v) is 4.84. The molecule has 0 unspecified atom stereocenters. The van der Waals surface area contributed by atoms with Crippen LogP contribution in [0.4, 0.5) is 8.78 Å². The highest BCUT2D eigenvalue weighted by molar-refractivity contribution is 7.15. The Morgan fingerprint density at radius 3 is 2.76 bits per heavy atom. The van der Waals surface area contributed by atoms with Gasteiger partial charge in [-0.05, 0) is 37.3 Å². The number of aryl methyl sites for hydroxylation is 1. The molecule has 0 aliphatic carbocycles. The zero-order valence-electron chi connectivity index (χ0n) is 13.4. The largest absolute Gasteiger partial charge is 0.352 e. The van der Waals surface area contributed by atoms with Crippen LogP contribution in [0.1, 0.15) is 20.9 Å². The van der Waals surface area contributed by atoms with E-state index >= 15 is 0 Å². The number of carbonyl (C=O) groups excluding carboxylic acids is 1. The number of benzene rings is 1. The van der Waals surface area contributed by atoms with E-state index in [1.165, 1.54) is 17.4 Å². The number of halogens is 2. The molecule has 0 radical (unpaired) electrons. The van der Waals surface area contributed by atoms with Crippen LogP contribution in [-0.2, 0) is 6.42 Å². The van der Waals surface area contributed by atoms with Gasteiger partial charge in [0.2, 0.25) is 0 Å². The second kappa shape index (κ2) is 7.48. The van der Waals surface area contributed by atoms with Crippen molar-refractivity contribution in [3.05, 3.63) is 70.4 Å². The fourth-order valence-electron chi connectivity index (χ4n) is 2.29. The van der Waals surface area contributed by atoms with Gasteiger partial charge in [0, 0.05) is 29.6 Å². The van der Waals surface area contributed by atoms with E-state index < -0.39 is 17.5 Å². The molecule has 25 heavy (non-hydrogen) atoms. The van der Waals surface area contributed by atoms with E-state index in [-0.39, 0.29) is 5.56 Å². The van der Waals surface area contributed by atoms with E-state index in [1.807, 2.05) is 25.1 Å². The Balaban J connectivity index is 1.61. The maximum Gasteiger partial charge on any atom is 0.251 e. The molecule has 2 heterocycles. The predicted molar refractivity (Wildman–Crippen MR) is 92.5 cm³/mol. The van der Waals surface area contributed by atoms with Crippen LogP contribution in [0.2, 0.25) is 0 Å².